The van der Waals surface area contributed by atoms with E-state index in [9.17, 15) is 9.18 Å². The molecule has 2 N–H and O–H groups in total. The van der Waals surface area contributed by atoms with Crippen LogP contribution in [0, 0.1) is 5.82 Å². The van der Waals surface area contributed by atoms with Gasteiger partial charge in [0.05, 0.1) is 18.1 Å². The highest BCUT2D eigenvalue weighted by atomic mass is 19.1. The molecule has 0 atom stereocenters. The van der Waals surface area contributed by atoms with E-state index in [1.807, 2.05) is 24.3 Å². The molecule has 0 fully saturated rings. The smallest absolute Gasteiger partial charge is 0.308 e. The van der Waals surface area contributed by atoms with Crippen LogP contribution in [0.2, 0.25) is 0 Å². The average Bonchev–Trinajstić information content (AvgIpc) is 2.39. The molecule has 19 heavy (non-hydrogen) atoms. The van der Waals surface area contributed by atoms with Crippen LogP contribution < -0.4 is 10.6 Å². The summed E-state index contributed by atoms with van der Waals surface area (Å²) in [6.45, 7) is 2.06. The first kappa shape index (κ1) is 13.0. The summed E-state index contributed by atoms with van der Waals surface area (Å²) in [6.07, 6.45) is 3.40. The number of aromatic nitrogens is 1. The maximum atomic E-state index is 12.9. The van der Waals surface area contributed by atoms with Gasteiger partial charge in [0.1, 0.15) is 5.82 Å². The van der Waals surface area contributed by atoms with Crippen molar-refractivity contribution in [2.75, 3.05) is 10.6 Å². The molecule has 2 aromatic rings. The number of benzene rings is 1. The van der Waals surface area contributed by atoms with Crippen LogP contribution in [0.4, 0.5) is 20.6 Å². The molecule has 2 rings (SSSR count). The van der Waals surface area contributed by atoms with Crippen molar-refractivity contribution in [1.82, 2.24) is 4.98 Å². The lowest BCUT2D eigenvalue weighted by molar-refractivity contribution is 0.262. The number of carbonyl (C=O) groups excluding carboxylic acids is 1. The SMILES string of the molecule is CCc1ccc(NC(=O)Nc2cncc(F)c2)cc1. The molecule has 0 radical (unpaired) electrons. The fraction of sp³-hybridized carbons (Fsp3) is 0.143. The maximum Gasteiger partial charge on any atom is 0.323 e. The Morgan fingerprint density at radius 2 is 1.84 bits per heavy atom. The summed E-state index contributed by atoms with van der Waals surface area (Å²) in [5.74, 6) is -0.495. The molecule has 0 aliphatic carbocycles. The number of nitrogens with one attached hydrogen (secondary N) is 2. The maximum absolute atomic E-state index is 12.9. The summed E-state index contributed by atoms with van der Waals surface area (Å²) >= 11 is 0. The topological polar surface area (TPSA) is 54.0 Å². The van der Waals surface area contributed by atoms with Gasteiger partial charge in [0.2, 0.25) is 0 Å². The minimum absolute atomic E-state index is 0.308. The van der Waals surface area contributed by atoms with Gasteiger partial charge in [-0.15, -0.1) is 0 Å². The summed E-state index contributed by atoms with van der Waals surface area (Å²) in [5, 5.41) is 5.17. The highest BCUT2D eigenvalue weighted by molar-refractivity contribution is 5.99. The van der Waals surface area contributed by atoms with E-state index in [-0.39, 0.29) is 0 Å². The number of nitrogens with zero attached hydrogens (tertiary/aromatic N) is 1. The lowest BCUT2D eigenvalue weighted by Crippen LogP contribution is -2.19. The molecule has 0 saturated heterocycles. The third-order valence-electron chi connectivity index (χ3n) is 2.58. The predicted molar refractivity (Wildman–Crippen MR) is 72.7 cm³/mol. The fourth-order valence-electron chi connectivity index (χ4n) is 1.60. The zero-order chi connectivity index (χ0) is 13.7. The summed E-state index contributed by atoms with van der Waals surface area (Å²) in [7, 11) is 0. The molecule has 0 aliphatic heterocycles. The number of urea groups is 1. The lowest BCUT2D eigenvalue weighted by Gasteiger charge is -2.07. The van der Waals surface area contributed by atoms with Crippen molar-refractivity contribution in [3.63, 3.8) is 0 Å². The number of carbonyl (C=O) groups is 1. The van der Waals surface area contributed by atoms with Gasteiger partial charge in [-0.3, -0.25) is 4.98 Å². The first-order valence-electron chi connectivity index (χ1n) is 5.95. The number of aryl methyl sites for hydroxylation is 1. The summed E-state index contributed by atoms with van der Waals surface area (Å²) in [6, 6.07) is 8.30. The molecule has 0 bridgehead atoms. The van der Waals surface area contributed by atoms with Crippen molar-refractivity contribution < 1.29 is 9.18 Å². The van der Waals surface area contributed by atoms with E-state index in [1.54, 1.807) is 0 Å². The Bertz CT molecular complexity index is 569. The second-order valence-corrected chi connectivity index (χ2v) is 4.02. The summed E-state index contributed by atoms with van der Waals surface area (Å²) in [4.78, 5) is 15.3. The van der Waals surface area contributed by atoms with Gasteiger partial charge in [-0.25, -0.2) is 9.18 Å². The highest BCUT2D eigenvalue weighted by Gasteiger charge is 2.03. The van der Waals surface area contributed by atoms with Crippen LogP contribution in [0.1, 0.15) is 12.5 Å². The van der Waals surface area contributed by atoms with Crippen LogP contribution in [0.3, 0.4) is 0 Å². The van der Waals surface area contributed by atoms with Crippen molar-refractivity contribution >= 4 is 17.4 Å². The predicted octanol–water partition coefficient (Wildman–Crippen LogP) is 3.43. The molecule has 98 valence electrons. The Hall–Kier alpha value is -2.43. The first-order chi connectivity index (χ1) is 9.17. The number of rotatable bonds is 3. The van der Waals surface area contributed by atoms with E-state index in [0.29, 0.717) is 11.4 Å². The minimum Gasteiger partial charge on any atom is -0.308 e. The number of hydrogen-bond donors (Lipinski definition) is 2. The van der Waals surface area contributed by atoms with E-state index < -0.39 is 11.8 Å². The number of anilines is 2. The average molecular weight is 259 g/mol. The van der Waals surface area contributed by atoms with Gasteiger partial charge in [0.15, 0.2) is 0 Å². The van der Waals surface area contributed by atoms with Crippen molar-refractivity contribution in [2.24, 2.45) is 0 Å². The number of halogens is 1. The molecule has 1 aromatic heterocycles. The van der Waals surface area contributed by atoms with Crippen LogP contribution >= 0.6 is 0 Å². The van der Waals surface area contributed by atoms with Gasteiger partial charge in [-0.2, -0.15) is 0 Å². The molecule has 1 aromatic carbocycles. The van der Waals surface area contributed by atoms with Crippen LogP contribution in [0.5, 0.6) is 0 Å². The van der Waals surface area contributed by atoms with Crippen molar-refractivity contribution in [1.29, 1.82) is 0 Å². The Morgan fingerprint density at radius 3 is 2.47 bits per heavy atom. The molecular formula is C14H14FN3O. The van der Waals surface area contributed by atoms with Crippen molar-refractivity contribution in [3.05, 3.63) is 54.1 Å². The lowest BCUT2D eigenvalue weighted by atomic mass is 10.1. The van der Waals surface area contributed by atoms with E-state index in [1.165, 1.54) is 17.8 Å². The standard InChI is InChI=1S/C14H14FN3O/c1-2-10-3-5-12(6-4-10)17-14(19)18-13-7-11(15)8-16-9-13/h3-9H,2H2,1H3,(H2,17,18,19). The Balaban J connectivity index is 1.97. The second-order valence-electron chi connectivity index (χ2n) is 4.02. The van der Waals surface area contributed by atoms with Gasteiger partial charge >= 0.3 is 6.03 Å². The molecule has 0 aliphatic rings. The van der Waals surface area contributed by atoms with Crippen LogP contribution in [0.15, 0.2) is 42.7 Å². The molecular weight excluding hydrogens is 245 g/mol. The van der Waals surface area contributed by atoms with Crippen molar-refractivity contribution in [3.8, 4) is 0 Å². The third kappa shape index (κ3) is 3.77. The van der Waals surface area contributed by atoms with Crippen molar-refractivity contribution in [2.45, 2.75) is 13.3 Å². The highest BCUT2D eigenvalue weighted by Crippen LogP contribution is 2.11. The molecule has 5 heteroatoms. The van der Waals surface area contributed by atoms with E-state index in [2.05, 4.69) is 22.5 Å². The Kier molecular flexibility index (Phi) is 4.07. The monoisotopic (exact) mass is 259 g/mol. The second kappa shape index (κ2) is 5.95. The molecule has 0 unspecified atom stereocenters. The molecule has 2 amide bonds. The third-order valence-corrected chi connectivity index (χ3v) is 2.58. The molecule has 4 nitrogen and oxygen atoms in total. The zero-order valence-corrected chi connectivity index (χ0v) is 10.5. The first-order valence-corrected chi connectivity index (χ1v) is 5.95. The largest absolute Gasteiger partial charge is 0.323 e. The van der Waals surface area contributed by atoms with E-state index in [4.69, 9.17) is 0 Å². The Morgan fingerprint density at radius 1 is 1.16 bits per heavy atom. The van der Waals surface area contributed by atoms with E-state index in [0.717, 1.165) is 12.6 Å². The van der Waals surface area contributed by atoms with Crippen LogP contribution in [-0.4, -0.2) is 11.0 Å². The number of pyridine rings is 1. The van der Waals surface area contributed by atoms with Gasteiger partial charge < -0.3 is 10.6 Å². The van der Waals surface area contributed by atoms with Gasteiger partial charge in [-0.05, 0) is 24.1 Å². The molecule has 0 saturated carbocycles. The summed E-state index contributed by atoms with van der Waals surface area (Å²) < 4.78 is 12.9. The number of hydrogen-bond acceptors (Lipinski definition) is 2. The normalized spacial score (nSPS) is 10.0. The quantitative estimate of drug-likeness (QED) is 0.887. The van der Waals surface area contributed by atoms with Gasteiger partial charge in [-0.1, -0.05) is 19.1 Å². The molecule has 1 heterocycles. The Labute approximate surface area is 110 Å². The molecule has 0 spiro atoms. The summed E-state index contributed by atoms with van der Waals surface area (Å²) in [5.41, 5.74) is 2.18. The van der Waals surface area contributed by atoms with Crippen LogP contribution in [-0.2, 0) is 6.42 Å². The van der Waals surface area contributed by atoms with Gasteiger partial charge in [0, 0.05) is 11.8 Å². The van der Waals surface area contributed by atoms with Gasteiger partial charge in [0.25, 0.3) is 0 Å². The van der Waals surface area contributed by atoms with Crippen LogP contribution in [0.25, 0.3) is 0 Å². The zero-order valence-electron chi connectivity index (χ0n) is 10.5. The number of amides is 2. The fourth-order valence-corrected chi connectivity index (χ4v) is 1.60. The van der Waals surface area contributed by atoms with E-state index >= 15 is 0 Å². The minimum atomic E-state index is -0.495.